The molecule has 1 unspecified atom stereocenters. The van der Waals surface area contributed by atoms with Crippen molar-refractivity contribution in [1.82, 2.24) is 0 Å². The molecule has 0 aromatic heterocycles. The van der Waals surface area contributed by atoms with Crippen LogP contribution in [0.5, 0.6) is 0 Å². The Hall–Kier alpha value is -2.13. The minimum atomic E-state index is -0.151. The highest BCUT2D eigenvalue weighted by molar-refractivity contribution is 5.99. The van der Waals surface area contributed by atoms with Gasteiger partial charge in [0.25, 0.3) is 0 Å². The molecule has 3 N–H and O–H groups in total. The van der Waals surface area contributed by atoms with Crippen molar-refractivity contribution in [3.05, 3.63) is 64.7 Å². The van der Waals surface area contributed by atoms with Crippen LogP contribution in [0.25, 0.3) is 0 Å². The van der Waals surface area contributed by atoms with Crippen LogP contribution in [0.1, 0.15) is 35.2 Å². The Morgan fingerprint density at radius 3 is 2.55 bits per heavy atom. The van der Waals surface area contributed by atoms with E-state index in [0.29, 0.717) is 6.42 Å². The van der Waals surface area contributed by atoms with E-state index in [-0.39, 0.29) is 11.9 Å². The number of amides is 1. The normalized spacial score (nSPS) is 14.8. The van der Waals surface area contributed by atoms with Gasteiger partial charge in [-0.15, -0.1) is 0 Å². The van der Waals surface area contributed by atoms with Crippen LogP contribution >= 0.6 is 0 Å². The summed E-state index contributed by atoms with van der Waals surface area (Å²) in [5.41, 5.74) is 11.7. The number of benzene rings is 2. The van der Waals surface area contributed by atoms with Crippen LogP contribution in [0.4, 0.5) is 5.69 Å². The Kier molecular flexibility index (Phi) is 3.28. The first kappa shape index (κ1) is 12.9. The molecule has 3 rings (SSSR count). The molecule has 3 nitrogen and oxygen atoms in total. The van der Waals surface area contributed by atoms with Crippen molar-refractivity contribution < 1.29 is 4.79 Å². The maximum absolute atomic E-state index is 11.4. The molecule has 1 amide bonds. The molecule has 0 radical (unpaired) electrons. The number of fused-ring (bicyclic) bond motifs is 1. The second-order valence-corrected chi connectivity index (χ2v) is 5.21. The van der Waals surface area contributed by atoms with E-state index in [1.807, 2.05) is 18.2 Å². The number of aryl methyl sites for hydroxylation is 1. The van der Waals surface area contributed by atoms with Crippen LogP contribution in [-0.2, 0) is 17.6 Å². The minimum Gasteiger partial charge on any atom is -0.326 e. The summed E-state index contributed by atoms with van der Waals surface area (Å²) < 4.78 is 0. The van der Waals surface area contributed by atoms with Crippen LogP contribution in [-0.4, -0.2) is 5.91 Å². The van der Waals surface area contributed by atoms with Gasteiger partial charge in [0.15, 0.2) is 0 Å². The summed E-state index contributed by atoms with van der Waals surface area (Å²) in [5.74, 6) is 0.0537. The van der Waals surface area contributed by atoms with Gasteiger partial charge in [-0.1, -0.05) is 43.3 Å². The highest BCUT2D eigenvalue weighted by Gasteiger charge is 2.19. The van der Waals surface area contributed by atoms with Crippen molar-refractivity contribution in [2.45, 2.75) is 25.8 Å². The van der Waals surface area contributed by atoms with E-state index in [9.17, 15) is 4.79 Å². The lowest BCUT2D eigenvalue weighted by Gasteiger charge is -2.14. The number of anilines is 1. The molecule has 1 aliphatic rings. The first-order valence-electron chi connectivity index (χ1n) is 6.94. The number of nitrogens with one attached hydrogen (secondary N) is 1. The fourth-order valence-electron chi connectivity index (χ4n) is 2.60. The SMILES string of the molecule is CCc1ccc(C(N)c2ccc3c(c2)CC(=O)N3)cc1. The van der Waals surface area contributed by atoms with Gasteiger partial charge in [0.2, 0.25) is 5.91 Å². The van der Waals surface area contributed by atoms with Crippen molar-refractivity contribution >= 4 is 11.6 Å². The quantitative estimate of drug-likeness (QED) is 0.897. The Bertz CT molecular complexity index is 647. The molecule has 20 heavy (non-hydrogen) atoms. The summed E-state index contributed by atoms with van der Waals surface area (Å²) >= 11 is 0. The number of carbonyl (C=O) groups excluding carboxylic acids is 1. The maximum atomic E-state index is 11.4. The van der Waals surface area contributed by atoms with Crippen LogP contribution in [0.15, 0.2) is 42.5 Å². The highest BCUT2D eigenvalue weighted by Crippen LogP contribution is 2.28. The van der Waals surface area contributed by atoms with Gasteiger partial charge >= 0.3 is 0 Å². The molecule has 0 fully saturated rings. The van der Waals surface area contributed by atoms with Gasteiger partial charge in [-0.25, -0.2) is 0 Å². The zero-order valence-corrected chi connectivity index (χ0v) is 11.5. The third kappa shape index (κ3) is 2.32. The number of rotatable bonds is 3. The van der Waals surface area contributed by atoms with Gasteiger partial charge in [-0.05, 0) is 34.7 Å². The molecular formula is C17H18N2O. The first-order chi connectivity index (χ1) is 9.67. The predicted octanol–water partition coefficient (Wildman–Crippen LogP) is 2.79. The fourth-order valence-corrected chi connectivity index (χ4v) is 2.60. The monoisotopic (exact) mass is 266 g/mol. The van der Waals surface area contributed by atoms with Gasteiger partial charge in [0, 0.05) is 5.69 Å². The standard InChI is InChI=1S/C17H18N2O/c1-2-11-3-5-12(6-4-11)17(18)13-7-8-15-14(9-13)10-16(20)19-15/h3-9,17H,2,10,18H2,1H3,(H,19,20). The van der Waals surface area contributed by atoms with Gasteiger partial charge in [-0.2, -0.15) is 0 Å². The molecule has 0 bridgehead atoms. The number of carbonyl (C=O) groups is 1. The molecule has 1 atom stereocenters. The van der Waals surface area contributed by atoms with Gasteiger partial charge in [0.05, 0.1) is 12.5 Å². The molecule has 1 heterocycles. The lowest BCUT2D eigenvalue weighted by atomic mass is 9.96. The van der Waals surface area contributed by atoms with E-state index in [0.717, 1.165) is 28.8 Å². The van der Waals surface area contributed by atoms with Gasteiger partial charge < -0.3 is 11.1 Å². The largest absolute Gasteiger partial charge is 0.326 e. The average molecular weight is 266 g/mol. The average Bonchev–Trinajstić information content (AvgIpc) is 2.85. The highest BCUT2D eigenvalue weighted by atomic mass is 16.1. The van der Waals surface area contributed by atoms with Gasteiger partial charge in [0.1, 0.15) is 0 Å². The second kappa shape index (κ2) is 5.10. The van der Waals surface area contributed by atoms with Crippen molar-refractivity contribution in [3.63, 3.8) is 0 Å². The molecular weight excluding hydrogens is 248 g/mol. The third-order valence-corrected chi connectivity index (χ3v) is 3.86. The topological polar surface area (TPSA) is 55.1 Å². The zero-order valence-electron chi connectivity index (χ0n) is 11.5. The summed E-state index contributed by atoms with van der Waals surface area (Å²) in [5, 5.41) is 2.84. The summed E-state index contributed by atoms with van der Waals surface area (Å²) in [6.45, 7) is 2.14. The molecule has 0 saturated carbocycles. The second-order valence-electron chi connectivity index (χ2n) is 5.21. The number of hydrogen-bond acceptors (Lipinski definition) is 2. The molecule has 2 aromatic carbocycles. The van der Waals surface area contributed by atoms with Crippen LogP contribution in [0.2, 0.25) is 0 Å². The maximum Gasteiger partial charge on any atom is 0.228 e. The lowest BCUT2D eigenvalue weighted by Crippen LogP contribution is -2.12. The van der Waals surface area contributed by atoms with E-state index in [1.165, 1.54) is 5.56 Å². The van der Waals surface area contributed by atoms with E-state index in [2.05, 4.69) is 36.5 Å². The molecule has 102 valence electrons. The van der Waals surface area contributed by atoms with E-state index in [4.69, 9.17) is 5.73 Å². The van der Waals surface area contributed by atoms with E-state index >= 15 is 0 Å². The van der Waals surface area contributed by atoms with Crippen LogP contribution < -0.4 is 11.1 Å². The molecule has 3 heteroatoms. The Morgan fingerprint density at radius 1 is 1.15 bits per heavy atom. The summed E-state index contributed by atoms with van der Waals surface area (Å²) in [6.07, 6.45) is 1.48. The lowest BCUT2D eigenvalue weighted by molar-refractivity contribution is -0.115. The van der Waals surface area contributed by atoms with Crippen molar-refractivity contribution in [2.24, 2.45) is 5.73 Å². The Morgan fingerprint density at radius 2 is 1.85 bits per heavy atom. The minimum absolute atomic E-state index is 0.0537. The summed E-state index contributed by atoms with van der Waals surface area (Å²) in [7, 11) is 0. The van der Waals surface area contributed by atoms with Crippen molar-refractivity contribution in [2.75, 3.05) is 5.32 Å². The Labute approximate surface area is 118 Å². The molecule has 0 aliphatic carbocycles. The number of nitrogens with two attached hydrogens (primary N) is 1. The molecule has 1 aliphatic heterocycles. The van der Waals surface area contributed by atoms with Crippen LogP contribution in [0.3, 0.4) is 0 Å². The van der Waals surface area contributed by atoms with Gasteiger partial charge in [-0.3, -0.25) is 4.79 Å². The molecule has 0 saturated heterocycles. The predicted molar refractivity (Wildman–Crippen MR) is 80.6 cm³/mol. The summed E-state index contributed by atoms with van der Waals surface area (Å²) in [4.78, 5) is 11.4. The summed E-state index contributed by atoms with van der Waals surface area (Å²) in [6, 6.07) is 14.2. The Balaban J connectivity index is 1.88. The van der Waals surface area contributed by atoms with Crippen LogP contribution in [0, 0.1) is 0 Å². The fraction of sp³-hybridized carbons (Fsp3) is 0.235. The number of hydrogen-bond donors (Lipinski definition) is 2. The van der Waals surface area contributed by atoms with Crippen molar-refractivity contribution in [1.29, 1.82) is 0 Å². The smallest absolute Gasteiger partial charge is 0.228 e. The molecule has 2 aromatic rings. The van der Waals surface area contributed by atoms with E-state index in [1.54, 1.807) is 0 Å². The van der Waals surface area contributed by atoms with E-state index < -0.39 is 0 Å². The zero-order chi connectivity index (χ0) is 14.1. The first-order valence-corrected chi connectivity index (χ1v) is 6.94. The molecule has 0 spiro atoms. The third-order valence-electron chi connectivity index (χ3n) is 3.86. The van der Waals surface area contributed by atoms with Crippen molar-refractivity contribution in [3.8, 4) is 0 Å².